The van der Waals surface area contributed by atoms with Gasteiger partial charge < -0.3 is 5.32 Å². The van der Waals surface area contributed by atoms with Gasteiger partial charge in [-0.05, 0) is 37.1 Å². The lowest BCUT2D eigenvalue weighted by Gasteiger charge is -2.13. The van der Waals surface area contributed by atoms with Gasteiger partial charge in [0.25, 0.3) is 0 Å². The van der Waals surface area contributed by atoms with Gasteiger partial charge in [0.15, 0.2) is 0 Å². The lowest BCUT2D eigenvalue weighted by atomic mass is 10.00. The summed E-state index contributed by atoms with van der Waals surface area (Å²) in [5, 5.41) is 3.03. The predicted molar refractivity (Wildman–Crippen MR) is 122 cm³/mol. The van der Waals surface area contributed by atoms with Gasteiger partial charge in [0.2, 0.25) is 5.91 Å². The SMILES string of the molecule is Cc1ncc(-c2ccccn2)c(-c2ccc(CNC(=O)C(C)c3ccccc3)cc2)n1. The number of carbonyl (C=O) groups is 1. The van der Waals surface area contributed by atoms with Gasteiger partial charge in [-0.1, -0.05) is 60.7 Å². The molecule has 1 amide bonds. The topological polar surface area (TPSA) is 67.8 Å². The number of benzene rings is 2. The van der Waals surface area contributed by atoms with Crippen molar-refractivity contribution in [2.75, 3.05) is 0 Å². The van der Waals surface area contributed by atoms with Gasteiger partial charge in [0.05, 0.1) is 17.3 Å². The smallest absolute Gasteiger partial charge is 0.227 e. The number of nitrogens with zero attached hydrogens (tertiary/aromatic N) is 3. The van der Waals surface area contributed by atoms with Crippen LogP contribution in [0.4, 0.5) is 0 Å². The van der Waals surface area contributed by atoms with Crippen molar-refractivity contribution >= 4 is 5.91 Å². The van der Waals surface area contributed by atoms with Crippen molar-refractivity contribution in [2.45, 2.75) is 26.3 Å². The van der Waals surface area contributed by atoms with Crippen LogP contribution < -0.4 is 5.32 Å². The minimum absolute atomic E-state index is 0.0131. The maximum absolute atomic E-state index is 12.5. The van der Waals surface area contributed by atoms with Crippen LogP contribution >= 0.6 is 0 Å². The highest BCUT2D eigenvalue weighted by Crippen LogP contribution is 2.29. The van der Waals surface area contributed by atoms with Crippen molar-refractivity contribution in [2.24, 2.45) is 0 Å². The first-order valence-electron chi connectivity index (χ1n) is 10.3. The number of hydrogen-bond donors (Lipinski definition) is 1. The summed E-state index contributed by atoms with van der Waals surface area (Å²) in [6.45, 7) is 4.28. The maximum Gasteiger partial charge on any atom is 0.227 e. The molecule has 2 aromatic carbocycles. The molecule has 4 rings (SSSR count). The van der Waals surface area contributed by atoms with Crippen LogP contribution in [0.5, 0.6) is 0 Å². The molecule has 0 aliphatic heterocycles. The summed E-state index contributed by atoms with van der Waals surface area (Å²) < 4.78 is 0. The Bertz CT molecular complexity index is 1160. The van der Waals surface area contributed by atoms with E-state index in [2.05, 4.69) is 20.3 Å². The number of aryl methyl sites for hydroxylation is 1. The van der Waals surface area contributed by atoms with Gasteiger partial charge >= 0.3 is 0 Å². The Morgan fingerprint density at radius 2 is 1.68 bits per heavy atom. The Hall–Kier alpha value is -3.86. The summed E-state index contributed by atoms with van der Waals surface area (Å²) in [6, 6.07) is 23.7. The highest BCUT2D eigenvalue weighted by molar-refractivity contribution is 5.83. The molecule has 2 aromatic heterocycles. The molecule has 0 saturated carbocycles. The molecular weight excluding hydrogens is 384 g/mol. The number of rotatable bonds is 6. The molecule has 2 heterocycles. The van der Waals surface area contributed by atoms with E-state index in [1.54, 1.807) is 6.20 Å². The van der Waals surface area contributed by atoms with E-state index in [1.807, 2.05) is 92.8 Å². The second-order valence-corrected chi connectivity index (χ2v) is 7.44. The van der Waals surface area contributed by atoms with E-state index in [1.165, 1.54) is 0 Å². The third-order valence-electron chi connectivity index (χ3n) is 5.24. The molecule has 154 valence electrons. The van der Waals surface area contributed by atoms with Crippen molar-refractivity contribution in [3.63, 3.8) is 0 Å². The van der Waals surface area contributed by atoms with Gasteiger partial charge in [-0.15, -0.1) is 0 Å². The van der Waals surface area contributed by atoms with Crippen LogP contribution in [0.15, 0.2) is 85.2 Å². The predicted octanol–water partition coefficient (Wildman–Crippen LogP) is 4.93. The third kappa shape index (κ3) is 4.83. The number of hydrogen-bond acceptors (Lipinski definition) is 4. The maximum atomic E-state index is 12.5. The van der Waals surface area contributed by atoms with Crippen molar-refractivity contribution in [3.8, 4) is 22.5 Å². The average Bonchev–Trinajstić information content (AvgIpc) is 2.83. The lowest BCUT2D eigenvalue weighted by molar-refractivity contribution is -0.122. The van der Waals surface area contributed by atoms with Crippen molar-refractivity contribution in [3.05, 3.63) is 102 Å². The zero-order valence-corrected chi connectivity index (χ0v) is 17.6. The fraction of sp³-hybridized carbons (Fsp3) is 0.154. The zero-order chi connectivity index (χ0) is 21.6. The first-order chi connectivity index (χ1) is 15.1. The van der Waals surface area contributed by atoms with E-state index < -0.39 is 0 Å². The van der Waals surface area contributed by atoms with Crippen molar-refractivity contribution in [1.29, 1.82) is 0 Å². The van der Waals surface area contributed by atoms with Crippen LogP contribution in [0.25, 0.3) is 22.5 Å². The molecule has 31 heavy (non-hydrogen) atoms. The van der Waals surface area contributed by atoms with Crippen LogP contribution in [-0.2, 0) is 11.3 Å². The molecule has 1 N–H and O–H groups in total. The van der Waals surface area contributed by atoms with Crippen LogP contribution in [0, 0.1) is 6.92 Å². The molecule has 5 heteroatoms. The Morgan fingerprint density at radius 3 is 2.39 bits per heavy atom. The molecule has 5 nitrogen and oxygen atoms in total. The number of carbonyl (C=O) groups excluding carboxylic acids is 1. The van der Waals surface area contributed by atoms with Gasteiger partial charge in [-0.2, -0.15) is 0 Å². The summed E-state index contributed by atoms with van der Waals surface area (Å²) in [5.41, 5.74) is 5.60. The Balaban J connectivity index is 1.49. The van der Waals surface area contributed by atoms with Crippen LogP contribution in [0.1, 0.15) is 29.8 Å². The standard InChI is InChI=1S/C26H24N4O/c1-18(21-8-4-3-5-9-21)26(31)29-16-20-11-13-22(14-12-20)25-23(17-28-19(2)30-25)24-10-6-7-15-27-24/h3-15,17-18H,16H2,1-2H3,(H,29,31). The molecule has 0 spiro atoms. The van der Waals surface area contributed by atoms with Gasteiger partial charge in [0, 0.05) is 30.1 Å². The number of aromatic nitrogens is 3. The Kier molecular flexibility index (Phi) is 6.13. The molecule has 4 aromatic rings. The number of amides is 1. The fourth-order valence-electron chi connectivity index (χ4n) is 3.42. The zero-order valence-electron chi connectivity index (χ0n) is 17.6. The summed E-state index contributed by atoms with van der Waals surface area (Å²) in [6.07, 6.45) is 3.58. The van der Waals surface area contributed by atoms with Crippen LogP contribution in [0.3, 0.4) is 0 Å². The number of nitrogens with one attached hydrogen (secondary N) is 1. The monoisotopic (exact) mass is 408 g/mol. The summed E-state index contributed by atoms with van der Waals surface area (Å²) in [4.78, 5) is 26.0. The van der Waals surface area contributed by atoms with Gasteiger partial charge in [0.1, 0.15) is 5.82 Å². The molecule has 0 radical (unpaired) electrons. The number of pyridine rings is 1. The molecule has 1 unspecified atom stereocenters. The van der Waals surface area contributed by atoms with E-state index >= 15 is 0 Å². The molecule has 0 aliphatic carbocycles. The summed E-state index contributed by atoms with van der Waals surface area (Å²) in [5.74, 6) is 0.533. The molecule has 0 saturated heterocycles. The van der Waals surface area contributed by atoms with E-state index in [0.717, 1.165) is 33.6 Å². The molecular formula is C26H24N4O. The molecule has 0 bridgehead atoms. The first kappa shape index (κ1) is 20.4. The molecule has 0 fully saturated rings. The Labute approximate surface area is 182 Å². The highest BCUT2D eigenvalue weighted by atomic mass is 16.1. The van der Waals surface area contributed by atoms with Crippen molar-refractivity contribution in [1.82, 2.24) is 20.3 Å². The second kappa shape index (κ2) is 9.30. The average molecular weight is 409 g/mol. The summed E-state index contributed by atoms with van der Waals surface area (Å²) in [7, 11) is 0. The minimum atomic E-state index is -0.189. The molecule has 0 aliphatic rings. The van der Waals surface area contributed by atoms with Crippen LogP contribution in [-0.4, -0.2) is 20.9 Å². The normalized spacial score (nSPS) is 11.7. The van der Waals surface area contributed by atoms with E-state index in [0.29, 0.717) is 12.4 Å². The lowest BCUT2D eigenvalue weighted by Crippen LogP contribution is -2.27. The fourth-order valence-corrected chi connectivity index (χ4v) is 3.42. The first-order valence-corrected chi connectivity index (χ1v) is 10.3. The van der Waals surface area contributed by atoms with Crippen LogP contribution in [0.2, 0.25) is 0 Å². The minimum Gasteiger partial charge on any atom is -0.352 e. The highest BCUT2D eigenvalue weighted by Gasteiger charge is 2.15. The van der Waals surface area contributed by atoms with E-state index in [-0.39, 0.29) is 11.8 Å². The van der Waals surface area contributed by atoms with E-state index in [4.69, 9.17) is 0 Å². The van der Waals surface area contributed by atoms with Crippen molar-refractivity contribution < 1.29 is 4.79 Å². The van der Waals surface area contributed by atoms with E-state index in [9.17, 15) is 4.79 Å². The largest absolute Gasteiger partial charge is 0.352 e. The summed E-state index contributed by atoms with van der Waals surface area (Å²) >= 11 is 0. The second-order valence-electron chi connectivity index (χ2n) is 7.44. The molecule has 1 atom stereocenters. The third-order valence-corrected chi connectivity index (χ3v) is 5.24. The van der Waals surface area contributed by atoms with Gasteiger partial charge in [-0.3, -0.25) is 9.78 Å². The van der Waals surface area contributed by atoms with Gasteiger partial charge in [-0.25, -0.2) is 9.97 Å². The Morgan fingerprint density at radius 1 is 0.935 bits per heavy atom. The quantitative estimate of drug-likeness (QED) is 0.491.